The van der Waals surface area contributed by atoms with E-state index < -0.39 is 0 Å². The van der Waals surface area contributed by atoms with Gasteiger partial charge in [0.15, 0.2) is 5.78 Å². The van der Waals surface area contributed by atoms with E-state index >= 15 is 0 Å². The van der Waals surface area contributed by atoms with Crippen molar-refractivity contribution in [2.24, 2.45) is 5.92 Å². The first-order valence-corrected chi connectivity index (χ1v) is 4.82. The molecule has 0 saturated heterocycles. The fourth-order valence-corrected chi connectivity index (χ4v) is 1.20. The largest absolute Gasteiger partial charge is 0.294 e. The van der Waals surface area contributed by atoms with Gasteiger partial charge in [-0.15, -0.1) is 0 Å². The van der Waals surface area contributed by atoms with Crippen LogP contribution >= 0.6 is 0 Å². The highest BCUT2D eigenvalue weighted by molar-refractivity contribution is 5.96. The number of hydrogen-bond donors (Lipinski definition) is 0. The molecular formula is C12H16O. The van der Waals surface area contributed by atoms with E-state index in [4.69, 9.17) is 0 Å². The molecular weight excluding hydrogens is 160 g/mol. The highest BCUT2D eigenvalue weighted by Crippen LogP contribution is 2.11. The normalized spacial score (nSPS) is 12.5. The average molecular weight is 176 g/mol. The summed E-state index contributed by atoms with van der Waals surface area (Å²) in [5.41, 5.74) is 0.836. The van der Waals surface area contributed by atoms with Crippen LogP contribution < -0.4 is 0 Å². The molecule has 0 unspecified atom stereocenters. The Morgan fingerprint density at radius 3 is 2.46 bits per heavy atom. The van der Waals surface area contributed by atoms with Crippen LogP contribution in [0.4, 0.5) is 0 Å². The zero-order chi connectivity index (χ0) is 9.68. The van der Waals surface area contributed by atoms with E-state index in [9.17, 15) is 4.79 Å². The van der Waals surface area contributed by atoms with Crippen molar-refractivity contribution >= 4 is 5.78 Å². The second-order valence-corrected chi connectivity index (χ2v) is 3.51. The fourth-order valence-electron chi connectivity index (χ4n) is 1.20. The average Bonchev–Trinajstić information content (AvgIpc) is 2.19. The topological polar surface area (TPSA) is 17.1 Å². The third-order valence-corrected chi connectivity index (χ3v) is 2.33. The Bertz CT molecular complexity index is 264. The highest BCUT2D eigenvalue weighted by Gasteiger charge is 2.08. The van der Waals surface area contributed by atoms with Crippen LogP contribution in [0.25, 0.3) is 0 Å². The molecule has 0 fully saturated rings. The number of carbonyl (C=O) groups excluding carboxylic acids is 1. The maximum atomic E-state index is 11.6. The Balaban J connectivity index is 2.59. The molecule has 1 aromatic rings. The monoisotopic (exact) mass is 176 g/mol. The summed E-state index contributed by atoms with van der Waals surface area (Å²) in [4.78, 5) is 11.6. The smallest absolute Gasteiger partial charge is 0.163 e. The van der Waals surface area contributed by atoms with Crippen LogP contribution in [0.1, 0.15) is 37.0 Å². The third kappa shape index (κ3) is 3.02. The third-order valence-electron chi connectivity index (χ3n) is 2.33. The van der Waals surface area contributed by atoms with Crippen molar-refractivity contribution in [3.63, 3.8) is 0 Å². The van der Waals surface area contributed by atoms with Crippen molar-refractivity contribution in [3.8, 4) is 0 Å². The molecule has 0 heterocycles. The van der Waals surface area contributed by atoms with Crippen molar-refractivity contribution in [2.75, 3.05) is 0 Å². The summed E-state index contributed by atoms with van der Waals surface area (Å²) in [7, 11) is 0. The second-order valence-electron chi connectivity index (χ2n) is 3.51. The van der Waals surface area contributed by atoms with Gasteiger partial charge < -0.3 is 0 Å². The van der Waals surface area contributed by atoms with E-state index in [1.807, 2.05) is 30.3 Å². The van der Waals surface area contributed by atoms with Gasteiger partial charge in [0.05, 0.1) is 0 Å². The lowest BCUT2D eigenvalue weighted by Gasteiger charge is -2.06. The minimum absolute atomic E-state index is 0.259. The highest BCUT2D eigenvalue weighted by atomic mass is 16.1. The fraction of sp³-hybridized carbons (Fsp3) is 0.417. The molecule has 1 atom stereocenters. The van der Waals surface area contributed by atoms with Gasteiger partial charge in [0.25, 0.3) is 0 Å². The minimum atomic E-state index is 0.259. The molecule has 0 bridgehead atoms. The summed E-state index contributed by atoms with van der Waals surface area (Å²) in [6, 6.07) is 9.50. The van der Waals surface area contributed by atoms with Gasteiger partial charge in [-0.2, -0.15) is 0 Å². The van der Waals surface area contributed by atoms with Crippen LogP contribution in [0, 0.1) is 5.92 Å². The Morgan fingerprint density at radius 1 is 1.31 bits per heavy atom. The minimum Gasteiger partial charge on any atom is -0.294 e. The van der Waals surface area contributed by atoms with Gasteiger partial charge in [-0.05, 0) is 5.92 Å². The lowest BCUT2D eigenvalue weighted by molar-refractivity contribution is 0.0963. The second kappa shape index (κ2) is 4.80. The molecule has 0 spiro atoms. The molecule has 1 nitrogen and oxygen atoms in total. The van der Waals surface area contributed by atoms with Crippen molar-refractivity contribution in [1.82, 2.24) is 0 Å². The van der Waals surface area contributed by atoms with Gasteiger partial charge in [0, 0.05) is 12.0 Å². The molecule has 0 radical (unpaired) electrons. The molecule has 0 aliphatic rings. The SMILES string of the molecule is CC[C@@H](C)CC(=O)c1ccccc1. The van der Waals surface area contributed by atoms with E-state index in [1.54, 1.807) is 0 Å². The number of rotatable bonds is 4. The van der Waals surface area contributed by atoms with Gasteiger partial charge in [-0.25, -0.2) is 0 Å². The van der Waals surface area contributed by atoms with E-state index in [0.717, 1.165) is 12.0 Å². The van der Waals surface area contributed by atoms with Crippen LogP contribution in [-0.2, 0) is 0 Å². The Hall–Kier alpha value is -1.11. The van der Waals surface area contributed by atoms with Crippen molar-refractivity contribution < 1.29 is 4.79 Å². The molecule has 13 heavy (non-hydrogen) atoms. The molecule has 0 aliphatic carbocycles. The molecule has 0 N–H and O–H groups in total. The zero-order valence-corrected chi connectivity index (χ0v) is 8.29. The predicted octanol–water partition coefficient (Wildman–Crippen LogP) is 3.31. The van der Waals surface area contributed by atoms with E-state index in [1.165, 1.54) is 0 Å². The summed E-state index contributed by atoms with van der Waals surface area (Å²) in [6.07, 6.45) is 1.74. The Morgan fingerprint density at radius 2 is 1.92 bits per heavy atom. The lowest BCUT2D eigenvalue weighted by Crippen LogP contribution is -2.04. The summed E-state index contributed by atoms with van der Waals surface area (Å²) < 4.78 is 0. The molecule has 1 aromatic carbocycles. The summed E-state index contributed by atoms with van der Waals surface area (Å²) >= 11 is 0. The van der Waals surface area contributed by atoms with Gasteiger partial charge in [-0.1, -0.05) is 50.6 Å². The van der Waals surface area contributed by atoms with E-state index in [2.05, 4.69) is 13.8 Å². The molecule has 0 aliphatic heterocycles. The van der Waals surface area contributed by atoms with Crippen LogP contribution in [0.5, 0.6) is 0 Å². The molecule has 0 saturated carbocycles. The van der Waals surface area contributed by atoms with Crippen LogP contribution in [0.15, 0.2) is 30.3 Å². The van der Waals surface area contributed by atoms with Crippen molar-refractivity contribution in [3.05, 3.63) is 35.9 Å². The molecule has 1 rings (SSSR count). The van der Waals surface area contributed by atoms with Gasteiger partial charge in [-0.3, -0.25) is 4.79 Å². The maximum absolute atomic E-state index is 11.6. The molecule has 70 valence electrons. The van der Waals surface area contributed by atoms with Gasteiger partial charge in [0.1, 0.15) is 0 Å². The van der Waals surface area contributed by atoms with Gasteiger partial charge in [0.2, 0.25) is 0 Å². The first-order valence-electron chi connectivity index (χ1n) is 4.82. The number of Topliss-reactive ketones (excluding diaryl/α,β-unsaturated/α-hetero) is 1. The first kappa shape index (κ1) is 9.97. The van der Waals surface area contributed by atoms with Crippen molar-refractivity contribution in [1.29, 1.82) is 0 Å². The van der Waals surface area contributed by atoms with Crippen LogP contribution in [-0.4, -0.2) is 5.78 Å². The van der Waals surface area contributed by atoms with Gasteiger partial charge >= 0.3 is 0 Å². The summed E-state index contributed by atoms with van der Waals surface area (Å²) in [5.74, 6) is 0.752. The van der Waals surface area contributed by atoms with E-state index in [0.29, 0.717) is 12.3 Å². The first-order chi connectivity index (χ1) is 6.24. The molecule has 1 heteroatoms. The Kier molecular flexibility index (Phi) is 3.69. The Labute approximate surface area is 79.8 Å². The van der Waals surface area contributed by atoms with Crippen LogP contribution in [0.2, 0.25) is 0 Å². The maximum Gasteiger partial charge on any atom is 0.163 e. The molecule has 0 amide bonds. The number of hydrogen-bond acceptors (Lipinski definition) is 1. The van der Waals surface area contributed by atoms with Crippen molar-refractivity contribution in [2.45, 2.75) is 26.7 Å². The summed E-state index contributed by atoms with van der Waals surface area (Å²) in [6.45, 7) is 4.23. The lowest BCUT2D eigenvalue weighted by atomic mass is 9.98. The quantitative estimate of drug-likeness (QED) is 0.643. The summed E-state index contributed by atoms with van der Waals surface area (Å²) in [5, 5.41) is 0. The standard InChI is InChI=1S/C12H16O/c1-3-10(2)9-12(13)11-7-5-4-6-8-11/h4-8,10H,3,9H2,1-2H3/t10-/m1/s1. The predicted molar refractivity (Wildman–Crippen MR) is 54.8 cm³/mol. The number of carbonyl (C=O) groups is 1. The van der Waals surface area contributed by atoms with Crippen LogP contribution in [0.3, 0.4) is 0 Å². The number of ketones is 1. The molecule has 0 aromatic heterocycles. The van der Waals surface area contributed by atoms with E-state index in [-0.39, 0.29) is 5.78 Å². The zero-order valence-electron chi connectivity index (χ0n) is 8.29. The number of benzene rings is 1.